The molecule has 0 saturated heterocycles. The number of Topliss-reactive ketones (excluding diaryl/α,β-unsaturated/α-hetero) is 1. The molecule has 0 N–H and O–H groups in total. The maximum Gasteiger partial charge on any atom is 0.136 e. The smallest absolute Gasteiger partial charge is 0.136 e. The summed E-state index contributed by atoms with van der Waals surface area (Å²) in [5.74, 6) is 3.09. The Balaban J connectivity index is 1.70. The van der Waals surface area contributed by atoms with Crippen molar-refractivity contribution in [1.29, 1.82) is 0 Å². The van der Waals surface area contributed by atoms with Gasteiger partial charge in [0, 0.05) is 12.3 Å². The number of benzene rings is 1. The lowest BCUT2D eigenvalue weighted by Gasteiger charge is -2.33. The van der Waals surface area contributed by atoms with E-state index in [0.717, 1.165) is 50.4 Å². The summed E-state index contributed by atoms with van der Waals surface area (Å²) in [6.07, 6.45) is 7.65. The SMILES string of the molecule is CCCC1CCC(=O)C(CC2CCOc3ccccc32)C1. The summed E-state index contributed by atoms with van der Waals surface area (Å²) < 4.78 is 5.74. The Morgan fingerprint density at radius 2 is 2.05 bits per heavy atom. The van der Waals surface area contributed by atoms with Gasteiger partial charge in [0.15, 0.2) is 0 Å². The quantitative estimate of drug-likeness (QED) is 0.800. The molecule has 1 aliphatic heterocycles. The molecular weight excluding hydrogens is 260 g/mol. The second kappa shape index (κ2) is 6.64. The second-order valence-corrected chi connectivity index (χ2v) is 6.70. The number of fused-ring (bicyclic) bond motifs is 1. The van der Waals surface area contributed by atoms with Gasteiger partial charge in [-0.1, -0.05) is 38.0 Å². The Morgan fingerprint density at radius 1 is 1.19 bits per heavy atom. The van der Waals surface area contributed by atoms with E-state index in [9.17, 15) is 4.79 Å². The zero-order valence-corrected chi connectivity index (χ0v) is 13.0. The molecule has 2 heteroatoms. The van der Waals surface area contributed by atoms with E-state index in [0.29, 0.717) is 11.7 Å². The van der Waals surface area contributed by atoms with Crippen molar-refractivity contribution in [2.75, 3.05) is 6.61 Å². The van der Waals surface area contributed by atoms with E-state index >= 15 is 0 Å². The first kappa shape index (κ1) is 14.6. The second-order valence-electron chi connectivity index (χ2n) is 6.70. The van der Waals surface area contributed by atoms with Crippen molar-refractivity contribution in [3.05, 3.63) is 29.8 Å². The highest BCUT2D eigenvalue weighted by molar-refractivity contribution is 5.81. The fourth-order valence-electron chi connectivity index (χ4n) is 4.10. The average molecular weight is 286 g/mol. The van der Waals surface area contributed by atoms with Gasteiger partial charge in [-0.15, -0.1) is 0 Å². The van der Waals surface area contributed by atoms with Crippen molar-refractivity contribution in [1.82, 2.24) is 0 Å². The van der Waals surface area contributed by atoms with Gasteiger partial charge in [-0.05, 0) is 49.1 Å². The zero-order chi connectivity index (χ0) is 14.7. The van der Waals surface area contributed by atoms with Crippen LogP contribution in [-0.4, -0.2) is 12.4 Å². The molecule has 1 saturated carbocycles. The van der Waals surface area contributed by atoms with Crippen molar-refractivity contribution in [2.45, 2.75) is 57.8 Å². The molecule has 0 bridgehead atoms. The summed E-state index contributed by atoms with van der Waals surface area (Å²) in [5.41, 5.74) is 1.31. The summed E-state index contributed by atoms with van der Waals surface area (Å²) in [6.45, 7) is 3.04. The number of ketones is 1. The number of para-hydroxylation sites is 1. The Bertz CT molecular complexity index is 494. The molecule has 1 fully saturated rings. The molecule has 1 aromatic carbocycles. The molecule has 3 unspecified atom stereocenters. The average Bonchev–Trinajstić information content (AvgIpc) is 2.51. The highest BCUT2D eigenvalue weighted by Gasteiger charge is 2.32. The van der Waals surface area contributed by atoms with Crippen LogP contribution in [0.5, 0.6) is 5.75 Å². The van der Waals surface area contributed by atoms with Gasteiger partial charge in [0.2, 0.25) is 0 Å². The Morgan fingerprint density at radius 3 is 2.90 bits per heavy atom. The number of carbonyl (C=O) groups is 1. The van der Waals surface area contributed by atoms with Crippen molar-refractivity contribution in [2.24, 2.45) is 11.8 Å². The van der Waals surface area contributed by atoms with Crippen LogP contribution in [0, 0.1) is 11.8 Å². The van der Waals surface area contributed by atoms with Crippen LogP contribution in [0.2, 0.25) is 0 Å². The summed E-state index contributed by atoms with van der Waals surface area (Å²) >= 11 is 0. The summed E-state index contributed by atoms with van der Waals surface area (Å²) in [5, 5.41) is 0. The molecule has 2 nitrogen and oxygen atoms in total. The van der Waals surface area contributed by atoms with Gasteiger partial charge in [-0.2, -0.15) is 0 Å². The number of hydrogen-bond donors (Lipinski definition) is 0. The molecule has 1 heterocycles. The standard InChI is InChI=1S/C19H26O2/c1-2-5-14-8-9-18(20)16(12-14)13-15-10-11-21-19-7-4-3-6-17(15)19/h3-4,6-7,14-16H,2,5,8-13H2,1H3. The topological polar surface area (TPSA) is 26.3 Å². The van der Waals surface area contributed by atoms with E-state index in [1.807, 2.05) is 6.07 Å². The van der Waals surface area contributed by atoms with Crippen LogP contribution < -0.4 is 4.74 Å². The molecule has 3 atom stereocenters. The van der Waals surface area contributed by atoms with E-state index < -0.39 is 0 Å². The van der Waals surface area contributed by atoms with Crippen LogP contribution in [-0.2, 0) is 4.79 Å². The Kier molecular flexibility index (Phi) is 4.62. The number of carbonyl (C=O) groups excluding carboxylic acids is 1. The lowest BCUT2D eigenvalue weighted by Crippen LogP contribution is -2.27. The fraction of sp³-hybridized carbons (Fsp3) is 0.632. The predicted octanol–water partition coefficient (Wildman–Crippen LogP) is 4.73. The normalized spacial score (nSPS) is 28.8. The van der Waals surface area contributed by atoms with Crippen LogP contribution in [0.25, 0.3) is 0 Å². The number of hydrogen-bond acceptors (Lipinski definition) is 2. The van der Waals surface area contributed by atoms with Crippen molar-refractivity contribution >= 4 is 5.78 Å². The zero-order valence-electron chi connectivity index (χ0n) is 13.0. The molecule has 114 valence electrons. The van der Waals surface area contributed by atoms with Crippen molar-refractivity contribution in [3.63, 3.8) is 0 Å². The summed E-state index contributed by atoms with van der Waals surface area (Å²) in [4.78, 5) is 12.3. The van der Waals surface area contributed by atoms with Gasteiger partial charge in [-0.25, -0.2) is 0 Å². The van der Waals surface area contributed by atoms with Crippen molar-refractivity contribution < 1.29 is 9.53 Å². The van der Waals surface area contributed by atoms with E-state index in [2.05, 4.69) is 25.1 Å². The van der Waals surface area contributed by atoms with Gasteiger partial charge in [-0.3, -0.25) is 4.79 Å². The Labute approximate surface area is 127 Å². The van der Waals surface area contributed by atoms with Gasteiger partial charge < -0.3 is 4.74 Å². The first-order valence-electron chi connectivity index (χ1n) is 8.52. The molecule has 0 amide bonds. The lowest BCUT2D eigenvalue weighted by atomic mass is 9.73. The van der Waals surface area contributed by atoms with Crippen molar-refractivity contribution in [3.8, 4) is 5.75 Å². The first-order chi connectivity index (χ1) is 10.3. The highest BCUT2D eigenvalue weighted by Crippen LogP contribution is 2.41. The number of rotatable bonds is 4. The van der Waals surface area contributed by atoms with Gasteiger partial charge in [0.1, 0.15) is 11.5 Å². The van der Waals surface area contributed by atoms with Gasteiger partial charge in [0.25, 0.3) is 0 Å². The van der Waals surface area contributed by atoms with Crippen LogP contribution >= 0.6 is 0 Å². The molecule has 0 spiro atoms. The lowest BCUT2D eigenvalue weighted by molar-refractivity contribution is -0.126. The largest absolute Gasteiger partial charge is 0.493 e. The molecule has 2 aliphatic rings. The minimum atomic E-state index is 0.284. The summed E-state index contributed by atoms with van der Waals surface area (Å²) in [6, 6.07) is 8.35. The van der Waals surface area contributed by atoms with Crippen LogP contribution in [0.3, 0.4) is 0 Å². The molecular formula is C19H26O2. The van der Waals surface area contributed by atoms with Crippen LogP contribution in [0.4, 0.5) is 0 Å². The van der Waals surface area contributed by atoms with E-state index in [1.165, 1.54) is 18.4 Å². The maximum atomic E-state index is 12.3. The number of ether oxygens (including phenoxy) is 1. The monoisotopic (exact) mass is 286 g/mol. The first-order valence-corrected chi connectivity index (χ1v) is 8.52. The molecule has 21 heavy (non-hydrogen) atoms. The third-order valence-electron chi connectivity index (χ3n) is 5.22. The van der Waals surface area contributed by atoms with Crippen LogP contribution in [0.1, 0.15) is 63.4 Å². The van der Waals surface area contributed by atoms with Gasteiger partial charge in [0.05, 0.1) is 6.61 Å². The minimum Gasteiger partial charge on any atom is -0.493 e. The minimum absolute atomic E-state index is 0.284. The van der Waals surface area contributed by atoms with E-state index in [4.69, 9.17) is 4.74 Å². The third kappa shape index (κ3) is 3.30. The highest BCUT2D eigenvalue weighted by atomic mass is 16.5. The maximum absolute atomic E-state index is 12.3. The van der Waals surface area contributed by atoms with E-state index in [1.54, 1.807) is 0 Å². The Hall–Kier alpha value is -1.31. The molecule has 0 radical (unpaired) electrons. The van der Waals surface area contributed by atoms with Crippen LogP contribution in [0.15, 0.2) is 24.3 Å². The van der Waals surface area contributed by atoms with Gasteiger partial charge >= 0.3 is 0 Å². The molecule has 0 aromatic heterocycles. The third-order valence-corrected chi connectivity index (χ3v) is 5.22. The molecule has 1 aliphatic carbocycles. The fourth-order valence-corrected chi connectivity index (χ4v) is 4.10. The predicted molar refractivity (Wildman–Crippen MR) is 84.7 cm³/mol. The molecule has 3 rings (SSSR count). The summed E-state index contributed by atoms with van der Waals surface area (Å²) in [7, 11) is 0. The van der Waals surface area contributed by atoms with E-state index in [-0.39, 0.29) is 5.92 Å². The molecule has 1 aromatic rings.